The van der Waals surface area contributed by atoms with Gasteiger partial charge in [0.25, 0.3) is 0 Å². The van der Waals surface area contributed by atoms with Gasteiger partial charge in [-0.1, -0.05) is 30.3 Å². The maximum absolute atomic E-state index is 4.32. The molecule has 0 bridgehead atoms. The molecule has 31 heavy (non-hydrogen) atoms. The van der Waals surface area contributed by atoms with E-state index in [0.29, 0.717) is 12.6 Å². The number of hydrogen-bond acceptors (Lipinski definition) is 6. The fourth-order valence-corrected chi connectivity index (χ4v) is 3.33. The molecule has 9 heteroatoms. The van der Waals surface area contributed by atoms with E-state index in [1.54, 1.807) is 24.3 Å². The van der Waals surface area contributed by atoms with Crippen molar-refractivity contribution in [3.63, 3.8) is 0 Å². The van der Waals surface area contributed by atoms with Crippen molar-refractivity contribution in [1.29, 1.82) is 0 Å². The maximum atomic E-state index is 4.32. The lowest BCUT2D eigenvalue weighted by Crippen LogP contribution is -2.41. The average Bonchev–Trinajstić information content (AvgIpc) is 3.17. The van der Waals surface area contributed by atoms with Crippen LogP contribution in [0.5, 0.6) is 0 Å². The first-order valence-electron chi connectivity index (χ1n) is 10.6. The van der Waals surface area contributed by atoms with Crippen LogP contribution in [0.1, 0.15) is 18.9 Å². The normalized spacial score (nSPS) is 12.9. The van der Waals surface area contributed by atoms with Gasteiger partial charge in [-0.15, -0.1) is 0 Å². The number of anilines is 1. The molecule has 1 unspecified atom stereocenters. The molecule has 0 saturated heterocycles. The summed E-state index contributed by atoms with van der Waals surface area (Å²) in [4.78, 5) is 15.3. The zero-order valence-electron chi connectivity index (χ0n) is 18.8. The summed E-state index contributed by atoms with van der Waals surface area (Å²) >= 11 is 0. The molecule has 0 aliphatic rings. The van der Waals surface area contributed by atoms with E-state index in [-0.39, 0.29) is 0 Å². The van der Waals surface area contributed by atoms with Gasteiger partial charge in [0.05, 0.1) is 11.6 Å². The highest BCUT2D eigenvalue weighted by atomic mass is 15.3. The van der Waals surface area contributed by atoms with E-state index in [1.807, 2.05) is 7.05 Å². The Hall–Kier alpha value is -3.20. The SMILES string of the molecule is CN=C(NCCNc1ncnc2c1cnn2C)NCCC(C)N(C)Cc1ccccc1. The van der Waals surface area contributed by atoms with E-state index in [2.05, 4.69) is 85.2 Å². The number of aliphatic imine (C=N–C) groups is 1. The number of rotatable bonds is 10. The molecule has 0 amide bonds. The monoisotopic (exact) mass is 423 g/mol. The van der Waals surface area contributed by atoms with Crippen LogP contribution < -0.4 is 16.0 Å². The smallest absolute Gasteiger partial charge is 0.191 e. The van der Waals surface area contributed by atoms with Gasteiger partial charge >= 0.3 is 0 Å². The van der Waals surface area contributed by atoms with Gasteiger partial charge < -0.3 is 16.0 Å². The summed E-state index contributed by atoms with van der Waals surface area (Å²) in [5, 5.41) is 15.2. The maximum Gasteiger partial charge on any atom is 0.191 e. The Kier molecular flexibility index (Phi) is 8.17. The Morgan fingerprint density at radius 2 is 1.90 bits per heavy atom. The van der Waals surface area contributed by atoms with E-state index >= 15 is 0 Å². The molecule has 0 aliphatic heterocycles. The third kappa shape index (κ3) is 6.39. The number of fused-ring (bicyclic) bond motifs is 1. The van der Waals surface area contributed by atoms with Crippen molar-refractivity contribution < 1.29 is 0 Å². The molecule has 1 atom stereocenters. The van der Waals surface area contributed by atoms with Crippen LogP contribution in [0.25, 0.3) is 11.0 Å². The van der Waals surface area contributed by atoms with E-state index in [1.165, 1.54) is 5.56 Å². The molecular formula is C22H33N9. The van der Waals surface area contributed by atoms with E-state index in [4.69, 9.17) is 0 Å². The summed E-state index contributed by atoms with van der Waals surface area (Å²) in [5.41, 5.74) is 2.15. The summed E-state index contributed by atoms with van der Waals surface area (Å²) in [6.07, 6.45) is 4.36. The quantitative estimate of drug-likeness (QED) is 0.260. The molecule has 0 fully saturated rings. The number of nitrogens with one attached hydrogen (secondary N) is 3. The highest BCUT2D eigenvalue weighted by Crippen LogP contribution is 2.17. The highest BCUT2D eigenvalue weighted by Gasteiger charge is 2.10. The third-order valence-electron chi connectivity index (χ3n) is 5.34. The van der Waals surface area contributed by atoms with E-state index < -0.39 is 0 Å². The van der Waals surface area contributed by atoms with Crippen molar-refractivity contribution >= 4 is 22.8 Å². The predicted molar refractivity (Wildman–Crippen MR) is 126 cm³/mol. The topological polar surface area (TPSA) is 95.3 Å². The summed E-state index contributed by atoms with van der Waals surface area (Å²) in [7, 11) is 5.83. The molecule has 166 valence electrons. The molecule has 2 aromatic heterocycles. The number of aryl methyl sites for hydroxylation is 1. The number of nitrogens with zero attached hydrogens (tertiary/aromatic N) is 6. The minimum absolute atomic E-state index is 0.465. The third-order valence-corrected chi connectivity index (χ3v) is 5.34. The number of guanidine groups is 1. The second-order valence-corrected chi connectivity index (χ2v) is 7.62. The van der Waals surface area contributed by atoms with E-state index in [0.717, 1.165) is 48.9 Å². The molecule has 3 rings (SSSR count). The molecule has 1 aromatic carbocycles. The van der Waals surface area contributed by atoms with Crippen molar-refractivity contribution in [2.75, 3.05) is 39.0 Å². The van der Waals surface area contributed by atoms with Crippen LogP contribution in [0.4, 0.5) is 5.82 Å². The van der Waals surface area contributed by atoms with Gasteiger partial charge in [0.1, 0.15) is 12.1 Å². The number of aromatic nitrogens is 4. The lowest BCUT2D eigenvalue weighted by Gasteiger charge is -2.25. The van der Waals surface area contributed by atoms with Gasteiger partial charge in [-0.25, -0.2) is 9.97 Å². The second-order valence-electron chi connectivity index (χ2n) is 7.62. The zero-order chi connectivity index (χ0) is 22.1. The standard InChI is InChI=1S/C22H33N9/c1-17(30(3)15-18-8-6-5-7-9-18)10-11-25-22(23-2)26-13-12-24-20-19-14-29-31(4)21(19)28-16-27-20/h5-9,14,16-17H,10-13,15H2,1-4H3,(H2,23,25,26)(H,24,27,28). The lowest BCUT2D eigenvalue weighted by molar-refractivity contribution is 0.238. The number of hydrogen-bond donors (Lipinski definition) is 3. The van der Waals surface area contributed by atoms with Crippen molar-refractivity contribution in [2.24, 2.45) is 12.0 Å². The van der Waals surface area contributed by atoms with Crippen LogP contribution in [0.2, 0.25) is 0 Å². The van der Waals surface area contributed by atoms with Crippen LogP contribution in [-0.4, -0.2) is 70.4 Å². The van der Waals surface area contributed by atoms with Gasteiger partial charge in [0.15, 0.2) is 11.6 Å². The first kappa shape index (κ1) is 22.5. The molecule has 9 nitrogen and oxygen atoms in total. The van der Waals surface area contributed by atoms with Crippen LogP contribution in [0.3, 0.4) is 0 Å². The first-order valence-corrected chi connectivity index (χ1v) is 10.6. The first-order chi connectivity index (χ1) is 15.1. The molecule has 3 aromatic rings. The Morgan fingerprint density at radius 1 is 1.13 bits per heavy atom. The van der Waals surface area contributed by atoms with Crippen LogP contribution in [-0.2, 0) is 13.6 Å². The highest BCUT2D eigenvalue weighted by molar-refractivity contribution is 5.86. The largest absolute Gasteiger partial charge is 0.368 e. The lowest BCUT2D eigenvalue weighted by atomic mass is 10.1. The fraction of sp³-hybridized carbons (Fsp3) is 0.455. The molecule has 3 N–H and O–H groups in total. The molecule has 0 radical (unpaired) electrons. The summed E-state index contributed by atoms with van der Waals surface area (Å²) in [5.74, 6) is 1.59. The molecular weight excluding hydrogens is 390 g/mol. The van der Waals surface area contributed by atoms with Crippen LogP contribution in [0.15, 0.2) is 47.8 Å². The van der Waals surface area contributed by atoms with Crippen molar-refractivity contribution in [1.82, 2.24) is 35.3 Å². The van der Waals surface area contributed by atoms with Crippen LogP contribution in [0, 0.1) is 0 Å². The Bertz CT molecular complexity index is 968. The number of benzene rings is 1. The molecule has 0 spiro atoms. The van der Waals surface area contributed by atoms with Crippen molar-refractivity contribution in [3.05, 3.63) is 48.4 Å². The summed E-state index contributed by atoms with van der Waals surface area (Å²) in [6.45, 7) is 5.49. The minimum atomic E-state index is 0.465. The summed E-state index contributed by atoms with van der Waals surface area (Å²) in [6, 6.07) is 11.0. The van der Waals surface area contributed by atoms with E-state index in [9.17, 15) is 0 Å². The average molecular weight is 424 g/mol. The molecule has 2 heterocycles. The van der Waals surface area contributed by atoms with Gasteiger partial charge in [-0.05, 0) is 26.0 Å². The van der Waals surface area contributed by atoms with Crippen molar-refractivity contribution in [3.8, 4) is 0 Å². The Balaban J connectivity index is 1.35. The fourth-order valence-electron chi connectivity index (χ4n) is 3.33. The van der Waals surface area contributed by atoms with Crippen molar-refractivity contribution in [2.45, 2.75) is 25.9 Å². The Morgan fingerprint density at radius 3 is 2.68 bits per heavy atom. The van der Waals surface area contributed by atoms with Crippen LogP contribution >= 0.6 is 0 Å². The predicted octanol–water partition coefficient (Wildman–Crippen LogP) is 1.85. The summed E-state index contributed by atoms with van der Waals surface area (Å²) < 4.78 is 1.74. The second kappa shape index (κ2) is 11.3. The molecule has 0 aliphatic carbocycles. The van der Waals surface area contributed by atoms with Gasteiger partial charge in [0, 0.05) is 46.3 Å². The Labute approximate surface area is 184 Å². The van der Waals surface area contributed by atoms with Gasteiger partial charge in [-0.3, -0.25) is 14.6 Å². The zero-order valence-corrected chi connectivity index (χ0v) is 18.8. The minimum Gasteiger partial charge on any atom is -0.368 e. The molecule has 0 saturated carbocycles. The van der Waals surface area contributed by atoms with Gasteiger partial charge in [-0.2, -0.15) is 5.10 Å². The van der Waals surface area contributed by atoms with Gasteiger partial charge in [0.2, 0.25) is 0 Å².